The smallest absolute Gasteiger partial charge is 0.231 e. The average molecular weight is 493 g/mol. The molecule has 0 amide bonds. The number of fused-ring (bicyclic) bond motifs is 7. The predicted molar refractivity (Wildman–Crippen MR) is 122 cm³/mol. The number of rotatable bonds is 2. The number of halogens is 1. The maximum Gasteiger partial charge on any atom is 0.231 e. The Kier molecular flexibility index (Phi) is 4.06. The molecule has 2 unspecified atom stereocenters. The summed E-state index contributed by atoms with van der Waals surface area (Å²) in [5.41, 5.74) is 6.84. The van der Waals surface area contributed by atoms with Crippen LogP contribution in [-0.4, -0.2) is 24.6 Å². The van der Waals surface area contributed by atoms with Crippen molar-refractivity contribution < 1.29 is 23.4 Å². The Morgan fingerprint density at radius 3 is 2.50 bits per heavy atom. The van der Waals surface area contributed by atoms with Gasteiger partial charge < -0.3 is 23.4 Å². The molecular formula is C26H23BrNO4+. The van der Waals surface area contributed by atoms with E-state index in [0.29, 0.717) is 19.6 Å². The van der Waals surface area contributed by atoms with Crippen molar-refractivity contribution in [2.75, 3.05) is 20.1 Å². The average Bonchev–Trinajstić information content (AvgIpc) is 3.47. The van der Waals surface area contributed by atoms with Crippen LogP contribution < -0.4 is 18.9 Å². The first kappa shape index (κ1) is 18.8. The fourth-order valence-electron chi connectivity index (χ4n) is 5.97. The Balaban J connectivity index is 1.38. The van der Waals surface area contributed by atoms with Crippen LogP contribution in [0, 0.1) is 0 Å². The number of hydrogen-bond donors (Lipinski definition) is 0. The van der Waals surface area contributed by atoms with E-state index in [-0.39, 0.29) is 0 Å². The zero-order valence-electron chi connectivity index (χ0n) is 17.6. The molecule has 0 saturated heterocycles. The van der Waals surface area contributed by atoms with E-state index in [0.717, 1.165) is 64.4 Å². The number of quaternary nitrogens is 1. The summed E-state index contributed by atoms with van der Waals surface area (Å²) >= 11 is 3.58. The molecule has 0 bridgehead atoms. The highest BCUT2D eigenvalue weighted by Gasteiger charge is 2.48. The lowest BCUT2D eigenvalue weighted by Crippen LogP contribution is -2.55. The van der Waals surface area contributed by atoms with Gasteiger partial charge in [0.2, 0.25) is 13.6 Å². The molecule has 0 fully saturated rings. The fraction of sp³-hybridized carbons (Fsp3) is 0.308. The molecule has 0 aromatic heterocycles. The van der Waals surface area contributed by atoms with Gasteiger partial charge in [-0.3, -0.25) is 0 Å². The van der Waals surface area contributed by atoms with E-state index in [2.05, 4.69) is 64.5 Å². The second-order valence-electron chi connectivity index (χ2n) is 9.20. The molecule has 3 aromatic carbocycles. The number of benzene rings is 3. The summed E-state index contributed by atoms with van der Waals surface area (Å²) < 4.78 is 25.2. The summed E-state index contributed by atoms with van der Waals surface area (Å²) in [4.78, 5) is 0. The van der Waals surface area contributed by atoms with Gasteiger partial charge in [-0.15, -0.1) is 0 Å². The Bertz CT molecular complexity index is 1240. The lowest BCUT2D eigenvalue weighted by atomic mass is 9.80. The van der Waals surface area contributed by atoms with Crippen LogP contribution in [0.2, 0.25) is 0 Å². The standard InChI is InChI=1S/C26H23BrNO4/c27-19-4-1-16(2-5-19)12-28-8-7-18-10-24-25(31-14-30-24)11-20(18)22(28)9-17-3-6-23-26(21(17)13-28)32-15-29-23/h1-6,10-11,22H,7-9,12-15H2/q+1. The Morgan fingerprint density at radius 2 is 1.62 bits per heavy atom. The molecule has 5 nitrogen and oxygen atoms in total. The molecule has 0 aliphatic carbocycles. The van der Waals surface area contributed by atoms with Crippen LogP contribution in [0.1, 0.15) is 33.9 Å². The highest BCUT2D eigenvalue weighted by atomic mass is 79.9. The number of nitrogens with zero attached hydrogens (tertiary/aromatic N) is 1. The summed E-state index contributed by atoms with van der Waals surface area (Å²) in [6.07, 6.45) is 2.01. The lowest BCUT2D eigenvalue weighted by Gasteiger charge is -2.51. The van der Waals surface area contributed by atoms with E-state index in [4.69, 9.17) is 18.9 Å². The van der Waals surface area contributed by atoms with Crippen LogP contribution in [-0.2, 0) is 25.9 Å². The summed E-state index contributed by atoms with van der Waals surface area (Å²) in [5, 5.41) is 0. The van der Waals surface area contributed by atoms with Crippen molar-refractivity contribution in [3.63, 3.8) is 0 Å². The van der Waals surface area contributed by atoms with Gasteiger partial charge in [0, 0.05) is 28.4 Å². The molecule has 4 aliphatic heterocycles. The van der Waals surface area contributed by atoms with Crippen LogP contribution in [0.15, 0.2) is 53.0 Å². The highest BCUT2D eigenvalue weighted by molar-refractivity contribution is 9.10. The van der Waals surface area contributed by atoms with Gasteiger partial charge in [-0.05, 0) is 41.5 Å². The van der Waals surface area contributed by atoms with E-state index in [1.54, 1.807) is 0 Å². The molecule has 0 radical (unpaired) electrons. The van der Waals surface area contributed by atoms with Crippen molar-refractivity contribution in [3.05, 3.63) is 80.8 Å². The van der Waals surface area contributed by atoms with Crippen LogP contribution >= 0.6 is 15.9 Å². The van der Waals surface area contributed by atoms with Gasteiger partial charge in [-0.25, -0.2) is 0 Å². The molecule has 3 aromatic rings. The van der Waals surface area contributed by atoms with E-state index in [9.17, 15) is 0 Å². The summed E-state index contributed by atoms with van der Waals surface area (Å²) in [7, 11) is 0. The van der Waals surface area contributed by atoms with Gasteiger partial charge >= 0.3 is 0 Å². The molecular weight excluding hydrogens is 470 g/mol. The van der Waals surface area contributed by atoms with Gasteiger partial charge in [0.05, 0.1) is 12.1 Å². The Hall–Kier alpha value is -2.70. The molecule has 32 heavy (non-hydrogen) atoms. The molecule has 0 spiro atoms. The van der Waals surface area contributed by atoms with Crippen molar-refractivity contribution in [3.8, 4) is 23.0 Å². The molecule has 4 aliphatic rings. The second-order valence-corrected chi connectivity index (χ2v) is 10.1. The first-order valence-electron chi connectivity index (χ1n) is 11.1. The predicted octanol–water partition coefficient (Wildman–Crippen LogP) is 5.28. The zero-order chi connectivity index (χ0) is 21.3. The molecule has 2 atom stereocenters. The maximum absolute atomic E-state index is 5.94. The van der Waals surface area contributed by atoms with E-state index in [1.807, 2.05) is 0 Å². The normalized spacial score (nSPS) is 24.0. The topological polar surface area (TPSA) is 36.9 Å². The van der Waals surface area contributed by atoms with Gasteiger partial charge in [0.15, 0.2) is 23.0 Å². The summed E-state index contributed by atoms with van der Waals surface area (Å²) in [6, 6.07) is 17.9. The van der Waals surface area contributed by atoms with Crippen molar-refractivity contribution in [1.82, 2.24) is 0 Å². The fourth-order valence-corrected chi connectivity index (χ4v) is 6.23. The molecule has 0 N–H and O–H groups in total. The van der Waals surface area contributed by atoms with E-state index >= 15 is 0 Å². The van der Waals surface area contributed by atoms with Crippen LogP contribution in [0.5, 0.6) is 23.0 Å². The summed E-state index contributed by atoms with van der Waals surface area (Å²) in [6.45, 7) is 3.63. The van der Waals surface area contributed by atoms with Gasteiger partial charge in [-0.2, -0.15) is 0 Å². The summed E-state index contributed by atoms with van der Waals surface area (Å²) in [5.74, 6) is 3.59. The van der Waals surface area contributed by atoms with Crippen LogP contribution in [0.25, 0.3) is 0 Å². The SMILES string of the molecule is Brc1ccc(C[N+]23CCc4cc5c(cc4C2Cc2ccc4c(c2C3)OCO4)OCO5)cc1. The lowest BCUT2D eigenvalue weighted by molar-refractivity contribution is -0.985. The van der Waals surface area contributed by atoms with Crippen molar-refractivity contribution in [2.45, 2.75) is 32.0 Å². The molecule has 4 heterocycles. The van der Waals surface area contributed by atoms with E-state index < -0.39 is 0 Å². The van der Waals surface area contributed by atoms with Crippen LogP contribution in [0.3, 0.4) is 0 Å². The zero-order valence-corrected chi connectivity index (χ0v) is 19.2. The van der Waals surface area contributed by atoms with Crippen molar-refractivity contribution in [1.29, 1.82) is 0 Å². The molecule has 7 rings (SSSR count). The Morgan fingerprint density at radius 1 is 0.844 bits per heavy atom. The Labute approximate surface area is 195 Å². The highest BCUT2D eigenvalue weighted by Crippen LogP contribution is 2.51. The van der Waals surface area contributed by atoms with E-state index in [1.165, 1.54) is 27.8 Å². The first-order valence-corrected chi connectivity index (χ1v) is 11.9. The number of ether oxygens (including phenoxy) is 4. The van der Waals surface area contributed by atoms with Gasteiger partial charge in [0.25, 0.3) is 0 Å². The largest absolute Gasteiger partial charge is 0.454 e. The molecule has 6 heteroatoms. The minimum Gasteiger partial charge on any atom is -0.454 e. The third-order valence-electron chi connectivity index (χ3n) is 7.52. The molecule has 162 valence electrons. The number of hydrogen-bond acceptors (Lipinski definition) is 4. The second kappa shape index (κ2) is 6.90. The molecule has 0 saturated carbocycles. The van der Waals surface area contributed by atoms with Crippen LogP contribution in [0.4, 0.5) is 0 Å². The minimum atomic E-state index is 0.314. The van der Waals surface area contributed by atoms with Gasteiger partial charge in [-0.1, -0.05) is 34.1 Å². The van der Waals surface area contributed by atoms with Crippen molar-refractivity contribution >= 4 is 15.9 Å². The van der Waals surface area contributed by atoms with Gasteiger partial charge in [0.1, 0.15) is 19.1 Å². The third-order valence-corrected chi connectivity index (χ3v) is 8.05. The maximum atomic E-state index is 5.94. The van der Waals surface area contributed by atoms with Crippen molar-refractivity contribution in [2.24, 2.45) is 0 Å². The quantitative estimate of drug-likeness (QED) is 0.456. The first-order chi connectivity index (χ1) is 15.7. The third kappa shape index (κ3) is 2.79. The monoisotopic (exact) mass is 492 g/mol. The minimum absolute atomic E-state index is 0.314.